The van der Waals surface area contributed by atoms with Gasteiger partial charge in [0.2, 0.25) is 0 Å². The monoisotopic (exact) mass is 318 g/mol. The average molecular weight is 318 g/mol. The maximum Gasteiger partial charge on any atom is 0.170 e. The normalized spacial score (nSPS) is 12.4. The van der Waals surface area contributed by atoms with Crippen LogP contribution < -0.4 is 5.32 Å². The van der Waals surface area contributed by atoms with E-state index < -0.39 is 0 Å². The Morgan fingerprint density at radius 1 is 1.12 bits per heavy atom. The highest BCUT2D eigenvalue weighted by Crippen LogP contribution is 2.34. The molecule has 3 heterocycles. The molecule has 5 heteroatoms. The molecule has 0 saturated heterocycles. The Labute approximate surface area is 139 Å². The number of aromatic nitrogens is 3. The number of para-hydroxylation sites is 1. The van der Waals surface area contributed by atoms with Crippen LogP contribution in [0.25, 0.3) is 10.9 Å². The maximum absolute atomic E-state index is 5.20. The first-order valence-corrected chi connectivity index (χ1v) is 7.89. The molecule has 5 nitrogen and oxygen atoms in total. The summed E-state index contributed by atoms with van der Waals surface area (Å²) in [6.07, 6.45) is 3.66. The molecular weight excluding hydrogens is 300 g/mol. The fourth-order valence-electron chi connectivity index (χ4n) is 3.12. The van der Waals surface area contributed by atoms with Gasteiger partial charge in [-0.15, -0.1) is 0 Å². The van der Waals surface area contributed by atoms with Gasteiger partial charge in [-0.1, -0.05) is 29.4 Å². The van der Waals surface area contributed by atoms with Crippen LogP contribution >= 0.6 is 0 Å². The van der Waals surface area contributed by atoms with Crippen molar-refractivity contribution in [1.29, 1.82) is 0 Å². The van der Waals surface area contributed by atoms with Crippen LogP contribution in [0.2, 0.25) is 0 Å². The molecule has 1 atom stereocenters. The van der Waals surface area contributed by atoms with E-state index in [4.69, 9.17) is 4.52 Å². The topological polar surface area (TPSA) is 66.7 Å². The lowest BCUT2D eigenvalue weighted by atomic mass is 9.97. The van der Waals surface area contributed by atoms with Gasteiger partial charge in [0, 0.05) is 40.6 Å². The number of fused-ring (bicyclic) bond motifs is 1. The van der Waals surface area contributed by atoms with Crippen molar-refractivity contribution in [1.82, 2.24) is 15.1 Å². The van der Waals surface area contributed by atoms with Crippen molar-refractivity contribution in [2.45, 2.75) is 19.9 Å². The fourth-order valence-corrected chi connectivity index (χ4v) is 3.12. The maximum atomic E-state index is 5.20. The summed E-state index contributed by atoms with van der Waals surface area (Å²) in [4.78, 5) is 7.74. The van der Waals surface area contributed by atoms with E-state index in [2.05, 4.69) is 51.6 Å². The fraction of sp³-hybridized carbons (Fsp3) is 0.158. The molecule has 0 aliphatic carbocycles. The van der Waals surface area contributed by atoms with Crippen LogP contribution in [0, 0.1) is 13.8 Å². The van der Waals surface area contributed by atoms with E-state index in [9.17, 15) is 0 Å². The molecule has 0 fully saturated rings. The molecule has 24 heavy (non-hydrogen) atoms. The van der Waals surface area contributed by atoms with E-state index in [-0.39, 0.29) is 6.04 Å². The van der Waals surface area contributed by atoms with E-state index >= 15 is 0 Å². The summed E-state index contributed by atoms with van der Waals surface area (Å²) in [6, 6.07) is 14.2. The second kappa shape index (κ2) is 5.85. The molecule has 0 saturated carbocycles. The standard InChI is InChI=1S/C19H18N4O/c1-12-10-17(23-24-12)22-19(14-6-5-9-20-11-14)18-13(2)21-16-8-4-3-7-15(16)18/h3-11,19,21H,1-2H3,(H,22,23)/t19-/m0/s1. The highest BCUT2D eigenvalue weighted by molar-refractivity contribution is 5.86. The first-order chi connectivity index (χ1) is 11.7. The number of H-pyrrole nitrogens is 1. The zero-order chi connectivity index (χ0) is 16.5. The first-order valence-electron chi connectivity index (χ1n) is 7.89. The lowest BCUT2D eigenvalue weighted by Crippen LogP contribution is -2.13. The minimum Gasteiger partial charge on any atom is -0.360 e. The van der Waals surface area contributed by atoms with Gasteiger partial charge in [0.1, 0.15) is 5.76 Å². The molecule has 3 aromatic heterocycles. The minimum atomic E-state index is -0.0700. The van der Waals surface area contributed by atoms with Crippen LogP contribution in [0.5, 0.6) is 0 Å². The highest BCUT2D eigenvalue weighted by atomic mass is 16.5. The van der Waals surface area contributed by atoms with Gasteiger partial charge in [0.05, 0.1) is 6.04 Å². The van der Waals surface area contributed by atoms with Crippen LogP contribution in [-0.4, -0.2) is 15.1 Å². The van der Waals surface area contributed by atoms with Gasteiger partial charge < -0.3 is 14.8 Å². The van der Waals surface area contributed by atoms with Gasteiger partial charge in [-0.3, -0.25) is 4.98 Å². The second-order valence-corrected chi connectivity index (χ2v) is 5.90. The third-order valence-corrected chi connectivity index (χ3v) is 4.17. The predicted molar refractivity (Wildman–Crippen MR) is 94.0 cm³/mol. The SMILES string of the molecule is Cc1cc(N[C@@H](c2cccnc2)c2c(C)[nH]c3ccccc23)no1. The number of nitrogens with zero attached hydrogens (tertiary/aromatic N) is 2. The van der Waals surface area contributed by atoms with Crippen LogP contribution in [0.3, 0.4) is 0 Å². The number of hydrogen-bond donors (Lipinski definition) is 2. The van der Waals surface area contributed by atoms with Gasteiger partial charge >= 0.3 is 0 Å². The summed E-state index contributed by atoms with van der Waals surface area (Å²) >= 11 is 0. The molecule has 4 rings (SSSR count). The van der Waals surface area contributed by atoms with E-state index in [1.54, 1.807) is 6.20 Å². The van der Waals surface area contributed by atoms with Gasteiger partial charge in [-0.25, -0.2) is 0 Å². The zero-order valence-corrected chi connectivity index (χ0v) is 13.6. The van der Waals surface area contributed by atoms with Crippen molar-refractivity contribution < 1.29 is 4.52 Å². The number of anilines is 1. The Balaban J connectivity index is 1.87. The van der Waals surface area contributed by atoms with Crippen LogP contribution in [0.4, 0.5) is 5.82 Å². The zero-order valence-electron chi connectivity index (χ0n) is 13.6. The molecule has 4 aromatic rings. The Morgan fingerprint density at radius 2 is 2.00 bits per heavy atom. The molecular formula is C19H18N4O. The van der Waals surface area contributed by atoms with Gasteiger partial charge in [0.25, 0.3) is 0 Å². The third-order valence-electron chi connectivity index (χ3n) is 4.17. The summed E-state index contributed by atoms with van der Waals surface area (Å²) in [5.74, 6) is 1.49. The summed E-state index contributed by atoms with van der Waals surface area (Å²) in [5.41, 5.74) is 4.51. The van der Waals surface area contributed by atoms with E-state index in [1.165, 1.54) is 10.9 Å². The van der Waals surface area contributed by atoms with Crippen molar-refractivity contribution in [3.05, 3.63) is 77.4 Å². The van der Waals surface area contributed by atoms with E-state index in [1.807, 2.05) is 31.3 Å². The van der Waals surface area contributed by atoms with Crippen molar-refractivity contribution >= 4 is 16.7 Å². The summed E-state index contributed by atoms with van der Waals surface area (Å²) in [6.45, 7) is 3.97. The van der Waals surface area contributed by atoms with Gasteiger partial charge in [0.15, 0.2) is 5.82 Å². The van der Waals surface area contributed by atoms with Gasteiger partial charge in [-0.05, 0) is 31.5 Å². The number of hydrogen-bond acceptors (Lipinski definition) is 4. The van der Waals surface area contributed by atoms with Gasteiger partial charge in [-0.2, -0.15) is 0 Å². The Bertz CT molecular complexity index is 971. The molecule has 0 aliphatic heterocycles. The molecule has 0 radical (unpaired) electrons. The Kier molecular flexibility index (Phi) is 3.54. The summed E-state index contributed by atoms with van der Waals surface area (Å²) in [5, 5.41) is 8.76. The Hall–Kier alpha value is -3.08. The predicted octanol–water partition coefficient (Wildman–Crippen LogP) is 4.37. The Morgan fingerprint density at radius 3 is 2.75 bits per heavy atom. The largest absolute Gasteiger partial charge is 0.360 e. The third kappa shape index (κ3) is 2.54. The molecule has 2 N–H and O–H groups in total. The molecule has 120 valence electrons. The molecule has 0 spiro atoms. The average Bonchev–Trinajstić information content (AvgIpc) is 3.16. The lowest BCUT2D eigenvalue weighted by molar-refractivity contribution is 0.399. The number of pyridine rings is 1. The first kappa shape index (κ1) is 14.5. The number of aromatic amines is 1. The van der Waals surface area contributed by atoms with Crippen molar-refractivity contribution in [3.63, 3.8) is 0 Å². The van der Waals surface area contributed by atoms with Crippen LogP contribution in [0.1, 0.15) is 28.6 Å². The van der Waals surface area contributed by atoms with Crippen molar-refractivity contribution in [3.8, 4) is 0 Å². The summed E-state index contributed by atoms with van der Waals surface area (Å²) in [7, 11) is 0. The molecule has 0 bridgehead atoms. The number of aryl methyl sites for hydroxylation is 2. The number of rotatable bonds is 4. The summed E-state index contributed by atoms with van der Waals surface area (Å²) < 4.78 is 5.20. The van der Waals surface area contributed by atoms with Crippen LogP contribution in [-0.2, 0) is 0 Å². The quantitative estimate of drug-likeness (QED) is 0.586. The lowest BCUT2D eigenvalue weighted by Gasteiger charge is -2.19. The molecule has 0 aliphatic rings. The highest BCUT2D eigenvalue weighted by Gasteiger charge is 2.22. The second-order valence-electron chi connectivity index (χ2n) is 5.90. The van der Waals surface area contributed by atoms with E-state index in [0.717, 1.165) is 22.5 Å². The minimum absolute atomic E-state index is 0.0700. The number of benzene rings is 1. The molecule has 1 aromatic carbocycles. The smallest absolute Gasteiger partial charge is 0.170 e. The van der Waals surface area contributed by atoms with Crippen molar-refractivity contribution in [2.24, 2.45) is 0 Å². The van der Waals surface area contributed by atoms with E-state index in [0.29, 0.717) is 5.82 Å². The number of nitrogens with one attached hydrogen (secondary N) is 2. The molecule has 0 unspecified atom stereocenters. The van der Waals surface area contributed by atoms with Crippen molar-refractivity contribution in [2.75, 3.05) is 5.32 Å². The molecule has 0 amide bonds. The van der Waals surface area contributed by atoms with Crippen LogP contribution in [0.15, 0.2) is 59.4 Å².